The first kappa shape index (κ1) is 8.61. The van der Waals surface area contributed by atoms with Gasteiger partial charge < -0.3 is 9.30 Å². The third-order valence-electron chi connectivity index (χ3n) is 2.63. The Hall–Kier alpha value is -1.68. The van der Waals surface area contributed by atoms with Crippen LogP contribution in [0.3, 0.4) is 0 Å². The smallest absolute Gasteiger partial charge is 0.229 e. The number of epoxide rings is 1. The number of aryl methyl sites for hydroxylation is 1. The van der Waals surface area contributed by atoms with Crippen molar-refractivity contribution in [3.63, 3.8) is 0 Å². The molecule has 1 atom stereocenters. The molecule has 0 bridgehead atoms. The summed E-state index contributed by atoms with van der Waals surface area (Å²) in [5, 5.41) is 0. The zero-order chi connectivity index (χ0) is 10.4. The summed E-state index contributed by atoms with van der Waals surface area (Å²) in [6.45, 7) is 0.530. The summed E-state index contributed by atoms with van der Waals surface area (Å²) in [7, 11) is 1.85. The van der Waals surface area contributed by atoms with Crippen LogP contribution in [0.2, 0.25) is 0 Å². The van der Waals surface area contributed by atoms with E-state index in [9.17, 15) is 4.79 Å². The number of para-hydroxylation sites is 2. The number of hydrogen-bond donors (Lipinski definition) is 0. The number of fused-ring (bicyclic) bond motifs is 1. The van der Waals surface area contributed by atoms with Gasteiger partial charge in [-0.25, -0.2) is 4.98 Å². The Labute approximate surface area is 86.5 Å². The van der Waals surface area contributed by atoms with Crippen LogP contribution >= 0.6 is 0 Å². The molecule has 1 aliphatic heterocycles. The molecule has 0 aliphatic carbocycles. The average molecular weight is 202 g/mol. The monoisotopic (exact) mass is 202 g/mol. The standard InChI is InChI=1S/C11H10N2O2/c1-13-8-5-3-2-4-7(8)12-11(13)10(14)9-6-15-9/h2-5,9H,6H2,1H3. The van der Waals surface area contributed by atoms with Gasteiger partial charge >= 0.3 is 0 Å². The highest BCUT2D eigenvalue weighted by atomic mass is 16.6. The van der Waals surface area contributed by atoms with Crippen LogP contribution in [0.5, 0.6) is 0 Å². The van der Waals surface area contributed by atoms with E-state index in [-0.39, 0.29) is 11.9 Å². The third kappa shape index (κ3) is 1.26. The second kappa shape index (κ2) is 2.90. The fraction of sp³-hybridized carbons (Fsp3) is 0.273. The van der Waals surface area contributed by atoms with E-state index in [0.717, 1.165) is 11.0 Å². The van der Waals surface area contributed by atoms with E-state index >= 15 is 0 Å². The maximum absolute atomic E-state index is 11.8. The molecule has 1 unspecified atom stereocenters. The summed E-state index contributed by atoms with van der Waals surface area (Å²) in [5.41, 5.74) is 1.82. The molecule has 1 saturated heterocycles. The highest BCUT2D eigenvalue weighted by molar-refractivity contribution is 6.00. The Balaban J connectivity index is 2.18. The molecule has 4 heteroatoms. The zero-order valence-electron chi connectivity index (χ0n) is 8.30. The molecule has 1 fully saturated rings. The van der Waals surface area contributed by atoms with Crippen LogP contribution in [-0.4, -0.2) is 28.0 Å². The highest BCUT2D eigenvalue weighted by Gasteiger charge is 2.34. The van der Waals surface area contributed by atoms with Crippen LogP contribution in [-0.2, 0) is 11.8 Å². The molecule has 3 rings (SSSR count). The maximum atomic E-state index is 11.8. The van der Waals surface area contributed by atoms with Crippen molar-refractivity contribution in [2.45, 2.75) is 6.10 Å². The van der Waals surface area contributed by atoms with Crippen LogP contribution in [0.15, 0.2) is 24.3 Å². The number of ether oxygens (including phenoxy) is 1. The second-order valence-corrected chi connectivity index (χ2v) is 3.67. The lowest BCUT2D eigenvalue weighted by Gasteiger charge is -1.97. The Kier molecular flexibility index (Phi) is 1.67. The number of ketones is 1. The summed E-state index contributed by atoms with van der Waals surface area (Å²) in [6.07, 6.45) is -0.263. The summed E-state index contributed by atoms with van der Waals surface area (Å²) in [5.74, 6) is 0.465. The van der Waals surface area contributed by atoms with Crippen molar-refractivity contribution < 1.29 is 9.53 Å². The molecule has 76 valence electrons. The van der Waals surface area contributed by atoms with Gasteiger partial charge in [-0.1, -0.05) is 12.1 Å². The Bertz CT molecular complexity index is 541. The van der Waals surface area contributed by atoms with E-state index in [1.54, 1.807) is 0 Å². The Morgan fingerprint density at radius 3 is 2.93 bits per heavy atom. The topological polar surface area (TPSA) is 47.4 Å². The van der Waals surface area contributed by atoms with Crippen LogP contribution in [0, 0.1) is 0 Å². The number of Topliss-reactive ketones (excluding diaryl/α,β-unsaturated/α-hetero) is 1. The minimum atomic E-state index is -0.263. The fourth-order valence-electron chi connectivity index (χ4n) is 1.71. The number of hydrogen-bond acceptors (Lipinski definition) is 3. The first-order chi connectivity index (χ1) is 7.27. The van der Waals surface area contributed by atoms with Gasteiger partial charge in [0.25, 0.3) is 0 Å². The van der Waals surface area contributed by atoms with Crippen LogP contribution in [0.4, 0.5) is 0 Å². The fourth-order valence-corrected chi connectivity index (χ4v) is 1.71. The molecule has 0 amide bonds. The number of nitrogens with zero attached hydrogens (tertiary/aromatic N) is 2. The third-order valence-corrected chi connectivity index (χ3v) is 2.63. The highest BCUT2D eigenvalue weighted by Crippen LogP contribution is 2.19. The quantitative estimate of drug-likeness (QED) is 0.542. The van der Waals surface area contributed by atoms with E-state index < -0.39 is 0 Å². The number of aromatic nitrogens is 2. The van der Waals surface area contributed by atoms with Crippen molar-refractivity contribution >= 4 is 16.8 Å². The van der Waals surface area contributed by atoms with Crippen molar-refractivity contribution in [3.8, 4) is 0 Å². The molecule has 2 aromatic rings. The number of imidazole rings is 1. The van der Waals surface area contributed by atoms with Gasteiger partial charge in [0.1, 0.15) is 6.10 Å². The SMILES string of the molecule is Cn1c(C(=O)C2CO2)nc2ccccc21. The lowest BCUT2D eigenvalue weighted by atomic mass is 10.3. The summed E-state index contributed by atoms with van der Waals surface area (Å²) >= 11 is 0. The zero-order valence-corrected chi connectivity index (χ0v) is 8.30. The molecule has 0 radical (unpaired) electrons. The van der Waals surface area contributed by atoms with Gasteiger partial charge in [-0.2, -0.15) is 0 Å². The molecule has 1 aliphatic rings. The lowest BCUT2D eigenvalue weighted by molar-refractivity contribution is 0.0941. The van der Waals surface area contributed by atoms with E-state index in [2.05, 4.69) is 4.98 Å². The van der Waals surface area contributed by atoms with Crippen molar-refractivity contribution in [2.24, 2.45) is 7.05 Å². The van der Waals surface area contributed by atoms with E-state index in [1.165, 1.54) is 0 Å². The largest absolute Gasteiger partial charge is 0.364 e. The van der Waals surface area contributed by atoms with Crippen LogP contribution < -0.4 is 0 Å². The van der Waals surface area contributed by atoms with Crippen molar-refractivity contribution in [1.82, 2.24) is 9.55 Å². The molecular formula is C11H10N2O2. The van der Waals surface area contributed by atoms with Crippen LogP contribution in [0.1, 0.15) is 10.6 Å². The molecule has 1 aromatic carbocycles. The predicted molar refractivity (Wildman–Crippen MR) is 54.8 cm³/mol. The molecule has 0 N–H and O–H groups in total. The van der Waals surface area contributed by atoms with Crippen molar-refractivity contribution in [3.05, 3.63) is 30.1 Å². The molecule has 2 heterocycles. The first-order valence-electron chi connectivity index (χ1n) is 4.84. The van der Waals surface area contributed by atoms with Crippen molar-refractivity contribution in [1.29, 1.82) is 0 Å². The first-order valence-corrected chi connectivity index (χ1v) is 4.84. The van der Waals surface area contributed by atoms with Gasteiger partial charge in [-0.3, -0.25) is 4.79 Å². The lowest BCUT2D eigenvalue weighted by Crippen LogP contribution is -2.13. The number of carbonyl (C=O) groups excluding carboxylic acids is 1. The summed E-state index contributed by atoms with van der Waals surface area (Å²) in [6, 6.07) is 7.70. The minimum Gasteiger partial charge on any atom is -0.364 e. The Morgan fingerprint density at radius 1 is 1.53 bits per heavy atom. The van der Waals surface area contributed by atoms with Crippen LogP contribution in [0.25, 0.3) is 11.0 Å². The molecular weight excluding hydrogens is 192 g/mol. The van der Waals surface area contributed by atoms with E-state index in [0.29, 0.717) is 12.4 Å². The minimum absolute atomic E-state index is 0.0197. The number of rotatable bonds is 2. The van der Waals surface area contributed by atoms with Crippen molar-refractivity contribution in [2.75, 3.05) is 6.61 Å². The predicted octanol–water partition coefficient (Wildman–Crippen LogP) is 1.15. The van der Waals surface area contributed by atoms with Gasteiger partial charge in [-0.05, 0) is 12.1 Å². The van der Waals surface area contributed by atoms with E-state index in [4.69, 9.17) is 4.74 Å². The Morgan fingerprint density at radius 2 is 2.27 bits per heavy atom. The summed E-state index contributed by atoms with van der Waals surface area (Å²) < 4.78 is 6.79. The van der Waals surface area contributed by atoms with Gasteiger partial charge in [0, 0.05) is 7.05 Å². The van der Waals surface area contributed by atoms with E-state index in [1.807, 2.05) is 35.9 Å². The van der Waals surface area contributed by atoms with Gasteiger partial charge in [0.05, 0.1) is 17.6 Å². The maximum Gasteiger partial charge on any atom is 0.229 e. The molecule has 1 aromatic heterocycles. The molecule has 4 nitrogen and oxygen atoms in total. The molecule has 0 spiro atoms. The normalized spacial score (nSPS) is 19.4. The van der Waals surface area contributed by atoms with Gasteiger partial charge in [0.15, 0.2) is 5.82 Å². The second-order valence-electron chi connectivity index (χ2n) is 3.67. The molecule has 0 saturated carbocycles. The number of carbonyl (C=O) groups is 1. The van der Waals surface area contributed by atoms with Gasteiger partial charge in [0.2, 0.25) is 5.78 Å². The molecule has 15 heavy (non-hydrogen) atoms. The average Bonchev–Trinajstić information content (AvgIpc) is 3.04. The van der Waals surface area contributed by atoms with Gasteiger partial charge in [-0.15, -0.1) is 0 Å². The number of benzene rings is 1. The summed E-state index contributed by atoms with van der Waals surface area (Å²) in [4.78, 5) is 16.1.